The van der Waals surface area contributed by atoms with Gasteiger partial charge in [-0.25, -0.2) is 4.79 Å². The number of hydrogen-bond acceptors (Lipinski definition) is 10. The molecule has 0 bridgehead atoms. The minimum atomic E-state index is -0.971. The van der Waals surface area contributed by atoms with E-state index in [0.717, 1.165) is 10.5 Å². The molecule has 5 amide bonds. The SMILES string of the molecule is NC(=O)OCCOCCOCCOCCOCCCc1ccc2c(c1)C(=O)N(C1CCC(=O)NC1=O)C2=O. The van der Waals surface area contributed by atoms with Gasteiger partial charge in [0.15, 0.2) is 0 Å². The van der Waals surface area contributed by atoms with Gasteiger partial charge in [0.1, 0.15) is 12.6 Å². The number of carbonyl (C=O) groups excluding carboxylic acids is 5. The highest BCUT2D eigenvalue weighted by Gasteiger charge is 2.44. The van der Waals surface area contributed by atoms with E-state index in [-0.39, 0.29) is 37.2 Å². The fourth-order valence-corrected chi connectivity index (χ4v) is 4.02. The molecule has 1 unspecified atom stereocenters. The average molecular weight is 536 g/mol. The zero-order valence-corrected chi connectivity index (χ0v) is 21.1. The number of nitrogens with zero attached hydrogens (tertiary/aromatic N) is 1. The van der Waals surface area contributed by atoms with Gasteiger partial charge in [-0.2, -0.15) is 0 Å². The molecule has 2 heterocycles. The summed E-state index contributed by atoms with van der Waals surface area (Å²) < 4.78 is 26.1. The number of ether oxygens (including phenoxy) is 5. The Morgan fingerprint density at radius 2 is 1.42 bits per heavy atom. The maximum absolute atomic E-state index is 12.9. The summed E-state index contributed by atoms with van der Waals surface area (Å²) in [6.07, 6.45) is 0.747. The smallest absolute Gasteiger partial charge is 0.404 e. The van der Waals surface area contributed by atoms with E-state index in [9.17, 15) is 24.0 Å². The van der Waals surface area contributed by atoms with Gasteiger partial charge < -0.3 is 29.4 Å². The second kappa shape index (κ2) is 15.1. The Morgan fingerprint density at radius 1 is 0.842 bits per heavy atom. The molecule has 2 aliphatic heterocycles. The number of aryl methyl sites for hydroxylation is 1. The normalized spacial score (nSPS) is 17.1. The number of rotatable bonds is 17. The second-order valence-electron chi connectivity index (χ2n) is 8.55. The molecule has 1 atom stereocenters. The Balaban J connectivity index is 1.24. The van der Waals surface area contributed by atoms with E-state index in [1.54, 1.807) is 18.2 Å². The number of nitrogens with two attached hydrogens (primary N) is 1. The van der Waals surface area contributed by atoms with E-state index in [1.165, 1.54) is 0 Å². The van der Waals surface area contributed by atoms with Crippen molar-refractivity contribution in [3.63, 3.8) is 0 Å². The number of piperidine rings is 1. The summed E-state index contributed by atoms with van der Waals surface area (Å²) in [5.74, 6) is -2.06. The van der Waals surface area contributed by atoms with Crippen LogP contribution in [0.3, 0.4) is 0 Å². The molecule has 3 rings (SSSR count). The summed E-state index contributed by atoms with van der Waals surface area (Å²) in [6.45, 7) is 3.34. The molecule has 1 saturated heterocycles. The minimum Gasteiger partial charge on any atom is -0.447 e. The number of carbonyl (C=O) groups is 5. The van der Waals surface area contributed by atoms with E-state index in [0.29, 0.717) is 59.1 Å². The van der Waals surface area contributed by atoms with Gasteiger partial charge in [-0.15, -0.1) is 0 Å². The predicted molar refractivity (Wildman–Crippen MR) is 130 cm³/mol. The molecule has 13 nitrogen and oxygen atoms in total. The van der Waals surface area contributed by atoms with Crippen molar-refractivity contribution in [3.8, 4) is 0 Å². The van der Waals surface area contributed by atoms with Crippen LogP contribution < -0.4 is 11.1 Å². The maximum Gasteiger partial charge on any atom is 0.404 e. The molecule has 0 aromatic heterocycles. The summed E-state index contributed by atoms with van der Waals surface area (Å²) in [5.41, 5.74) is 6.25. The molecule has 0 aliphatic carbocycles. The first-order chi connectivity index (χ1) is 18.4. The summed E-state index contributed by atoms with van der Waals surface area (Å²) in [5, 5.41) is 2.19. The number of amides is 5. The first kappa shape index (κ1) is 29.2. The van der Waals surface area contributed by atoms with Crippen LogP contribution in [0.1, 0.15) is 45.5 Å². The zero-order chi connectivity index (χ0) is 27.3. The quantitative estimate of drug-likeness (QED) is 0.207. The molecule has 38 heavy (non-hydrogen) atoms. The van der Waals surface area contributed by atoms with Crippen LogP contribution in [-0.2, 0) is 39.7 Å². The van der Waals surface area contributed by atoms with Crippen molar-refractivity contribution in [3.05, 3.63) is 34.9 Å². The number of imide groups is 2. The summed E-state index contributed by atoms with van der Waals surface area (Å²) >= 11 is 0. The van der Waals surface area contributed by atoms with E-state index in [2.05, 4.69) is 10.1 Å². The lowest BCUT2D eigenvalue weighted by atomic mass is 10.0. The largest absolute Gasteiger partial charge is 0.447 e. The standard InChI is InChI=1S/C25H33N3O10/c26-25(33)38-15-14-37-13-12-36-11-10-35-9-8-34-7-1-2-17-3-4-18-19(16-17)24(32)28(23(18)31)20-5-6-21(29)27-22(20)30/h3-4,16,20H,1-2,5-15H2,(H2,26,33)(H,27,29,30). The Morgan fingerprint density at radius 3 is 2.03 bits per heavy atom. The molecule has 0 spiro atoms. The van der Waals surface area contributed by atoms with Gasteiger partial charge in [-0.1, -0.05) is 6.07 Å². The van der Waals surface area contributed by atoms with Crippen molar-refractivity contribution in [2.45, 2.75) is 31.7 Å². The zero-order valence-electron chi connectivity index (χ0n) is 21.1. The Labute approximate surface area is 219 Å². The number of benzene rings is 1. The highest BCUT2D eigenvalue weighted by molar-refractivity contribution is 6.23. The fraction of sp³-hybridized carbons (Fsp3) is 0.560. The predicted octanol–water partition coefficient (Wildman–Crippen LogP) is 0.182. The van der Waals surface area contributed by atoms with Crippen LogP contribution in [0.5, 0.6) is 0 Å². The van der Waals surface area contributed by atoms with Crippen LogP contribution >= 0.6 is 0 Å². The molecule has 2 aliphatic rings. The summed E-state index contributed by atoms with van der Waals surface area (Å²) in [4.78, 5) is 60.5. The molecule has 1 fully saturated rings. The Bertz CT molecular complexity index is 1020. The first-order valence-electron chi connectivity index (χ1n) is 12.5. The topological polar surface area (TPSA) is 173 Å². The van der Waals surface area contributed by atoms with Crippen molar-refractivity contribution in [2.75, 3.05) is 59.5 Å². The van der Waals surface area contributed by atoms with Crippen LogP contribution in [-0.4, -0.2) is 100 Å². The molecule has 208 valence electrons. The molecular weight excluding hydrogens is 502 g/mol. The number of hydrogen-bond donors (Lipinski definition) is 2. The highest BCUT2D eigenvalue weighted by atomic mass is 16.6. The Hall–Kier alpha value is -3.39. The van der Waals surface area contributed by atoms with Crippen LogP contribution in [0.15, 0.2) is 18.2 Å². The van der Waals surface area contributed by atoms with Gasteiger partial charge in [0.2, 0.25) is 11.8 Å². The van der Waals surface area contributed by atoms with Gasteiger partial charge in [0.05, 0.1) is 57.4 Å². The van der Waals surface area contributed by atoms with Gasteiger partial charge in [0.25, 0.3) is 11.8 Å². The lowest BCUT2D eigenvalue weighted by Crippen LogP contribution is -2.54. The van der Waals surface area contributed by atoms with Crippen LogP contribution in [0.2, 0.25) is 0 Å². The van der Waals surface area contributed by atoms with Crippen molar-refractivity contribution in [2.24, 2.45) is 5.73 Å². The van der Waals surface area contributed by atoms with E-state index >= 15 is 0 Å². The van der Waals surface area contributed by atoms with Crippen molar-refractivity contribution in [1.82, 2.24) is 10.2 Å². The fourth-order valence-electron chi connectivity index (χ4n) is 4.02. The molecule has 1 aromatic rings. The first-order valence-corrected chi connectivity index (χ1v) is 12.5. The van der Waals surface area contributed by atoms with Gasteiger partial charge >= 0.3 is 6.09 Å². The van der Waals surface area contributed by atoms with Gasteiger partial charge in [-0.3, -0.25) is 29.4 Å². The lowest BCUT2D eigenvalue weighted by Gasteiger charge is -2.27. The second-order valence-corrected chi connectivity index (χ2v) is 8.55. The highest BCUT2D eigenvalue weighted by Crippen LogP contribution is 2.28. The van der Waals surface area contributed by atoms with E-state index in [1.807, 2.05) is 0 Å². The van der Waals surface area contributed by atoms with Gasteiger partial charge in [-0.05, 0) is 37.0 Å². The number of primary amides is 1. The monoisotopic (exact) mass is 535 g/mol. The van der Waals surface area contributed by atoms with Crippen LogP contribution in [0, 0.1) is 0 Å². The summed E-state index contributed by atoms with van der Waals surface area (Å²) in [7, 11) is 0. The lowest BCUT2D eigenvalue weighted by molar-refractivity contribution is -0.136. The summed E-state index contributed by atoms with van der Waals surface area (Å²) in [6, 6.07) is 4.12. The number of nitrogens with one attached hydrogen (secondary N) is 1. The third-order valence-corrected chi connectivity index (χ3v) is 5.85. The van der Waals surface area contributed by atoms with Crippen molar-refractivity contribution in [1.29, 1.82) is 0 Å². The van der Waals surface area contributed by atoms with Crippen molar-refractivity contribution < 1.29 is 47.7 Å². The van der Waals surface area contributed by atoms with Crippen LogP contribution in [0.4, 0.5) is 4.79 Å². The van der Waals surface area contributed by atoms with Crippen LogP contribution in [0.25, 0.3) is 0 Å². The van der Waals surface area contributed by atoms with Gasteiger partial charge in [0, 0.05) is 13.0 Å². The number of fused-ring (bicyclic) bond motifs is 1. The molecular formula is C25H33N3O10. The third kappa shape index (κ3) is 8.58. The third-order valence-electron chi connectivity index (χ3n) is 5.85. The Kier molecular flexibility index (Phi) is 11.6. The average Bonchev–Trinajstić information content (AvgIpc) is 3.13. The molecule has 0 saturated carbocycles. The molecule has 0 radical (unpaired) electrons. The molecule has 13 heteroatoms. The molecule has 3 N–H and O–H groups in total. The van der Waals surface area contributed by atoms with Crippen molar-refractivity contribution >= 4 is 29.7 Å². The van der Waals surface area contributed by atoms with E-state index < -0.39 is 35.8 Å². The van der Waals surface area contributed by atoms with E-state index in [4.69, 9.17) is 24.7 Å². The minimum absolute atomic E-state index is 0.0849. The molecule has 1 aromatic carbocycles. The maximum atomic E-state index is 12.9.